The molecule has 134 valence electrons. The SMILES string of the molecule is Cl.OCCOc1cc2nccc(Nc3ccc4scnc4c3)c2cc1Br. The third-order valence-electron chi connectivity index (χ3n) is 3.75. The zero-order valence-electron chi connectivity index (χ0n) is 13.5. The van der Waals surface area contributed by atoms with Crippen molar-refractivity contribution in [2.24, 2.45) is 0 Å². The van der Waals surface area contributed by atoms with Crippen molar-refractivity contribution < 1.29 is 9.84 Å². The van der Waals surface area contributed by atoms with Crippen molar-refractivity contribution in [2.45, 2.75) is 0 Å². The largest absolute Gasteiger partial charge is 0.490 e. The van der Waals surface area contributed by atoms with Crippen LogP contribution >= 0.6 is 39.7 Å². The molecule has 0 bridgehead atoms. The fourth-order valence-electron chi connectivity index (χ4n) is 2.61. The Morgan fingerprint density at radius 3 is 2.85 bits per heavy atom. The van der Waals surface area contributed by atoms with Crippen LogP contribution in [-0.2, 0) is 0 Å². The summed E-state index contributed by atoms with van der Waals surface area (Å²) in [5.41, 5.74) is 5.57. The van der Waals surface area contributed by atoms with Crippen LogP contribution in [0, 0.1) is 0 Å². The van der Waals surface area contributed by atoms with Crippen molar-refractivity contribution >= 4 is 72.2 Å². The summed E-state index contributed by atoms with van der Waals surface area (Å²) in [6.45, 7) is 0.217. The van der Waals surface area contributed by atoms with Gasteiger partial charge in [0.25, 0.3) is 0 Å². The molecule has 0 aliphatic carbocycles. The second-order valence-electron chi connectivity index (χ2n) is 5.39. The number of hydrogen-bond acceptors (Lipinski definition) is 6. The molecule has 2 heterocycles. The van der Waals surface area contributed by atoms with Crippen LogP contribution in [0.15, 0.2) is 52.6 Å². The predicted octanol–water partition coefficient (Wildman–Crippen LogP) is 5.14. The van der Waals surface area contributed by atoms with Crippen LogP contribution in [0.2, 0.25) is 0 Å². The van der Waals surface area contributed by atoms with Crippen molar-refractivity contribution in [3.8, 4) is 5.75 Å². The van der Waals surface area contributed by atoms with Crippen LogP contribution in [0.4, 0.5) is 11.4 Å². The second-order valence-corrected chi connectivity index (χ2v) is 7.13. The van der Waals surface area contributed by atoms with Crippen molar-refractivity contribution in [1.29, 1.82) is 0 Å². The molecular weight excluding hydrogens is 438 g/mol. The number of aliphatic hydroxyl groups excluding tert-OH is 1. The first-order valence-corrected chi connectivity index (χ1v) is 9.34. The van der Waals surface area contributed by atoms with Gasteiger partial charge in [0.2, 0.25) is 0 Å². The summed E-state index contributed by atoms with van der Waals surface area (Å²) in [7, 11) is 0. The molecule has 0 aliphatic rings. The number of rotatable bonds is 5. The summed E-state index contributed by atoms with van der Waals surface area (Å²) in [6, 6.07) is 11.9. The average Bonchev–Trinajstić information content (AvgIpc) is 3.08. The van der Waals surface area contributed by atoms with Gasteiger partial charge >= 0.3 is 0 Å². The highest BCUT2D eigenvalue weighted by molar-refractivity contribution is 9.10. The third kappa shape index (κ3) is 3.76. The van der Waals surface area contributed by atoms with E-state index in [1.54, 1.807) is 17.5 Å². The van der Waals surface area contributed by atoms with E-state index in [4.69, 9.17) is 9.84 Å². The first-order valence-electron chi connectivity index (χ1n) is 7.67. The Balaban J connectivity index is 0.00000196. The van der Waals surface area contributed by atoms with Gasteiger partial charge in [0.15, 0.2) is 0 Å². The molecule has 0 saturated heterocycles. The molecule has 0 fully saturated rings. The number of thiazole rings is 1. The highest BCUT2D eigenvalue weighted by atomic mass is 79.9. The Bertz CT molecular complexity index is 1060. The maximum atomic E-state index is 8.93. The van der Waals surface area contributed by atoms with Crippen LogP contribution in [-0.4, -0.2) is 28.3 Å². The number of fused-ring (bicyclic) bond motifs is 2. The number of hydrogen-bond donors (Lipinski definition) is 2. The number of anilines is 2. The van der Waals surface area contributed by atoms with Gasteiger partial charge in [-0.2, -0.15) is 0 Å². The summed E-state index contributed by atoms with van der Waals surface area (Å²) >= 11 is 5.15. The molecule has 0 radical (unpaired) electrons. The number of halogens is 2. The van der Waals surface area contributed by atoms with Crippen LogP contribution in [0.5, 0.6) is 5.75 Å². The molecule has 2 N–H and O–H groups in total. The first-order chi connectivity index (χ1) is 12.2. The van der Waals surface area contributed by atoms with Gasteiger partial charge in [0, 0.05) is 29.0 Å². The topological polar surface area (TPSA) is 67.3 Å². The lowest BCUT2D eigenvalue weighted by Gasteiger charge is -2.12. The van der Waals surface area contributed by atoms with Gasteiger partial charge in [-0.1, -0.05) is 0 Å². The molecule has 8 heteroatoms. The first kappa shape index (κ1) is 18.8. The fraction of sp³-hybridized carbons (Fsp3) is 0.111. The van der Waals surface area contributed by atoms with Crippen LogP contribution in [0.25, 0.3) is 21.1 Å². The van der Waals surface area contributed by atoms with E-state index in [-0.39, 0.29) is 25.6 Å². The number of aromatic nitrogens is 2. The summed E-state index contributed by atoms with van der Waals surface area (Å²) in [4.78, 5) is 8.78. The monoisotopic (exact) mass is 451 g/mol. The van der Waals surface area contributed by atoms with E-state index < -0.39 is 0 Å². The minimum absolute atomic E-state index is 0. The van der Waals surface area contributed by atoms with Gasteiger partial charge in [-0.25, -0.2) is 4.98 Å². The van der Waals surface area contributed by atoms with Crippen LogP contribution < -0.4 is 10.1 Å². The van der Waals surface area contributed by atoms with Crippen LogP contribution in [0.3, 0.4) is 0 Å². The van der Waals surface area contributed by atoms with E-state index in [1.165, 1.54) is 4.70 Å². The van der Waals surface area contributed by atoms with Gasteiger partial charge < -0.3 is 15.2 Å². The normalized spacial score (nSPS) is 10.7. The van der Waals surface area contributed by atoms with Gasteiger partial charge in [0.1, 0.15) is 12.4 Å². The summed E-state index contributed by atoms with van der Waals surface area (Å²) < 4.78 is 7.51. The molecule has 5 nitrogen and oxygen atoms in total. The fourth-order valence-corrected chi connectivity index (χ4v) is 3.73. The number of nitrogens with one attached hydrogen (secondary N) is 1. The summed E-state index contributed by atoms with van der Waals surface area (Å²) in [6.07, 6.45) is 1.76. The molecule has 2 aromatic carbocycles. The number of pyridine rings is 1. The molecule has 0 aliphatic heterocycles. The number of aliphatic hydroxyl groups is 1. The smallest absolute Gasteiger partial charge is 0.135 e. The number of nitrogens with zero attached hydrogens (tertiary/aromatic N) is 2. The third-order valence-corrected chi connectivity index (χ3v) is 5.18. The summed E-state index contributed by atoms with van der Waals surface area (Å²) in [5, 5.41) is 13.3. The van der Waals surface area contributed by atoms with E-state index in [1.807, 2.05) is 35.8 Å². The Kier molecular flexibility index (Phi) is 5.93. The van der Waals surface area contributed by atoms with Crippen molar-refractivity contribution in [1.82, 2.24) is 9.97 Å². The Hall–Kier alpha value is -1.93. The Morgan fingerprint density at radius 1 is 1.12 bits per heavy atom. The second kappa shape index (κ2) is 8.18. The average molecular weight is 453 g/mol. The Morgan fingerprint density at radius 2 is 2.00 bits per heavy atom. The van der Waals surface area contributed by atoms with Crippen molar-refractivity contribution in [3.63, 3.8) is 0 Å². The highest BCUT2D eigenvalue weighted by Crippen LogP contribution is 2.34. The molecule has 0 amide bonds. The standard InChI is InChI=1S/C18H14BrN3O2S.ClH/c19-13-8-12-14(3-4-20-15(12)9-17(13)24-6-5-23)22-11-1-2-18-16(7-11)21-10-25-18;/h1-4,7-10,23H,5-6H2,(H,20,22);1H. The molecular formula is C18H15BrClN3O2S. The molecule has 0 spiro atoms. The maximum absolute atomic E-state index is 8.93. The highest BCUT2D eigenvalue weighted by Gasteiger charge is 2.09. The van der Waals surface area contributed by atoms with E-state index in [0.717, 1.165) is 32.3 Å². The zero-order valence-corrected chi connectivity index (χ0v) is 16.7. The van der Waals surface area contributed by atoms with Gasteiger partial charge in [-0.3, -0.25) is 4.98 Å². The lowest BCUT2D eigenvalue weighted by molar-refractivity contribution is 0.201. The van der Waals surface area contributed by atoms with E-state index in [0.29, 0.717) is 5.75 Å². The maximum Gasteiger partial charge on any atom is 0.135 e. The molecule has 2 aromatic heterocycles. The molecule has 0 saturated carbocycles. The van der Waals surface area contributed by atoms with E-state index in [9.17, 15) is 0 Å². The van der Waals surface area contributed by atoms with E-state index >= 15 is 0 Å². The van der Waals surface area contributed by atoms with E-state index in [2.05, 4.69) is 37.3 Å². The molecule has 4 rings (SSSR count). The number of benzene rings is 2. The molecule has 0 atom stereocenters. The molecule has 4 aromatic rings. The van der Waals surface area contributed by atoms with Crippen molar-refractivity contribution in [2.75, 3.05) is 18.5 Å². The van der Waals surface area contributed by atoms with Gasteiger partial charge in [0.05, 0.1) is 32.3 Å². The van der Waals surface area contributed by atoms with Gasteiger partial charge in [-0.15, -0.1) is 23.7 Å². The minimum atomic E-state index is -0.0292. The molecule has 0 unspecified atom stereocenters. The predicted molar refractivity (Wildman–Crippen MR) is 112 cm³/mol. The zero-order chi connectivity index (χ0) is 17.2. The quantitative estimate of drug-likeness (QED) is 0.439. The summed E-state index contributed by atoms with van der Waals surface area (Å²) in [5.74, 6) is 0.662. The minimum Gasteiger partial charge on any atom is -0.490 e. The number of ether oxygens (including phenoxy) is 1. The Labute approximate surface area is 168 Å². The lowest BCUT2D eigenvalue weighted by atomic mass is 10.1. The lowest BCUT2D eigenvalue weighted by Crippen LogP contribution is -2.02. The van der Waals surface area contributed by atoms with Crippen molar-refractivity contribution in [3.05, 3.63) is 52.6 Å². The van der Waals surface area contributed by atoms with Crippen LogP contribution in [0.1, 0.15) is 0 Å². The molecule has 26 heavy (non-hydrogen) atoms. The van der Waals surface area contributed by atoms with Gasteiger partial charge in [-0.05, 0) is 46.3 Å².